The fourth-order valence-electron chi connectivity index (χ4n) is 3.39. The number of rotatable bonds is 1. The van der Waals surface area contributed by atoms with Crippen LogP contribution in [0.5, 0.6) is 0 Å². The highest BCUT2D eigenvalue weighted by Crippen LogP contribution is 2.34. The Labute approximate surface area is 98.3 Å². The molecule has 1 N–H and O–H groups in total. The van der Waals surface area contributed by atoms with E-state index >= 15 is 0 Å². The molecule has 1 saturated heterocycles. The minimum Gasteiger partial charge on any atom is -0.310 e. The van der Waals surface area contributed by atoms with E-state index < -0.39 is 0 Å². The molecule has 16 heavy (non-hydrogen) atoms. The lowest BCUT2D eigenvalue weighted by Gasteiger charge is -2.25. The van der Waals surface area contributed by atoms with Crippen molar-refractivity contribution in [2.75, 3.05) is 6.54 Å². The zero-order chi connectivity index (χ0) is 11.0. The van der Waals surface area contributed by atoms with Crippen LogP contribution in [0.1, 0.15) is 54.0 Å². The van der Waals surface area contributed by atoms with Gasteiger partial charge in [0, 0.05) is 6.04 Å². The van der Waals surface area contributed by atoms with Gasteiger partial charge in [-0.25, -0.2) is 0 Å². The number of fused-ring (bicyclic) bond motifs is 1. The van der Waals surface area contributed by atoms with Crippen LogP contribution >= 0.6 is 0 Å². The van der Waals surface area contributed by atoms with E-state index in [9.17, 15) is 0 Å². The minimum absolute atomic E-state index is 0.646. The van der Waals surface area contributed by atoms with Crippen LogP contribution in [0, 0.1) is 6.92 Å². The van der Waals surface area contributed by atoms with Gasteiger partial charge in [-0.2, -0.15) is 0 Å². The summed E-state index contributed by atoms with van der Waals surface area (Å²) < 4.78 is 0. The molecule has 1 fully saturated rings. The van der Waals surface area contributed by atoms with Crippen LogP contribution in [0.4, 0.5) is 0 Å². The van der Waals surface area contributed by atoms with E-state index in [2.05, 4.69) is 24.4 Å². The van der Waals surface area contributed by atoms with Crippen molar-refractivity contribution in [3.63, 3.8) is 0 Å². The lowest BCUT2D eigenvalue weighted by molar-refractivity contribution is 0.612. The number of nitrogens with one attached hydrogen (secondary N) is 1. The van der Waals surface area contributed by atoms with Crippen LogP contribution in [-0.4, -0.2) is 6.54 Å². The van der Waals surface area contributed by atoms with E-state index in [1.807, 2.05) is 0 Å². The summed E-state index contributed by atoms with van der Waals surface area (Å²) in [5, 5.41) is 3.66. The zero-order valence-corrected chi connectivity index (χ0v) is 10.2. The molecule has 1 aliphatic carbocycles. The van der Waals surface area contributed by atoms with Crippen LogP contribution in [0.2, 0.25) is 0 Å². The maximum atomic E-state index is 3.66. The molecule has 0 bridgehead atoms. The van der Waals surface area contributed by atoms with Crippen molar-refractivity contribution >= 4 is 0 Å². The third-order valence-electron chi connectivity index (χ3n) is 4.20. The lowest BCUT2D eigenvalue weighted by atomic mass is 9.83. The van der Waals surface area contributed by atoms with Crippen molar-refractivity contribution in [2.45, 2.75) is 51.5 Å². The van der Waals surface area contributed by atoms with E-state index in [1.54, 1.807) is 16.7 Å². The van der Waals surface area contributed by atoms with Gasteiger partial charge >= 0.3 is 0 Å². The highest BCUT2D eigenvalue weighted by molar-refractivity contribution is 5.44. The molecule has 1 heteroatoms. The molecule has 0 spiro atoms. The van der Waals surface area contributed by atoms with Crippen molar-refractivity contribution in [1.82, 2.24) is 5.32 Å². The molecule has 1 aromatic rings. The van der Waals surface area contributed by atoms with Gasteiger partial charge in [0.15, 0.2) is 0 Å². The van der Waals surface area contributed by atoms with Crippen molar-refractivity contribution in [3.8, 4) is 0 Å². The van der Waals surface area contributed by atoms with Crippen molar-refractivity contribution < 1.29 is 0 Å². The van der Waals surface area contributed by atoms with Gasteiger partial charge in [0.2, 0.25) is 0 Å². The van der Waals surface area contributed by atoms with Gasteiger partial charge in [0.05, 0.1) is 0 Å². The normalized spacial score (nSPS) is 24.4. The third kappa shape index (κ3) is 1.67. The molecule has 0 unspecified atom stereocenters. The second-order valence-electron chi connectivity index (χ2n) is 5.29. The van der Waals surface area contributed by atoms with Crippen LogP contribution in [0.3, 0.4) is 0 Å². The predicted octanol–water partition coefficient (Wildman–Crippen LogP) is 3.30. The molecule has 1 aromatic carbocycles. The number of hydrogen-bond acceptors (Lipinski definition) is 1. The molecule has 1 aliphatic heterocycles. The SMILES string of the molecule is Cc1ccc2c(c1[C@@H]1CCCN1)CCCC2. The Kier molecular flexibility index (Phi) is 2.72. The van der Waals surface area contributed by atoms with E-state index in [4.69, 9.17) is 0 Å². The molecule has 1 heterocycles. The molecule has 1 nitrogen and oxygen atoms in total. The average Bonchev–Trinajstić information content (AvgIpc) is 2.82. The molecular formula is C15H21N. The van der Waals surface area contributed by atoms with E-state index in [0.29, 0.717) is 6.04 Å². The largest absolute Gasteiger partial charge is 0.310 e. The molecule has 0 aromatic heterocycles. The van der Waals surface area contributed by atoms with Crippen LogP contribution < -0.4 is 5.32 Å². The summed E-state index contributed by atoms with van der Waals surface area (Å²) in [4.78, 5) is 0. The second kappa shape index (κ2) is 4.21. The van der Waals surface area contributed by atoms with Gasteiger partial charge in [0.25, 0.3) is 0 Å². The Bertz CT molecular complexity index is 389. The average molecular weight is 215 g/mol. The Morgan fingerprint density at radius 2 is 2.00 bits per heavy atom. The molecule has 2 aliphatic rings. The molecular weight excluding hydrogens is 194 g/mol. The first-order chi connectivity index (χ1) is 7.86. The highest BCUT2D eigenvalue weighted by Gasteiger charge is 2.23. The molecule has 0 amide bonds. The topological polar surface area (TPSA) is 12.0 Å². The lowest BCUT2D eigenvalue weighted by Crippen LogP contribution is -2.18. The molecule has 3 rings (SSSR count). The van der Waals surface area contributed by atoms with Crippen LogP contribution in [0.25, 0.3) is 0 Å². The first kappa shape index (κ1) is 10.3. The van der Waals surface area contributed by atoms with E-state index in [-0.39, 0.29) is 0 Å². The summed E-state index contributed by atoms with van der Waals surface area (Å²) in [6, 6.07) is 5.34. The van der Waals surface area contributed by atoms with Crippen LogP contribution in [0.15, 0.2) is 12.1 Å². The predicted molar refractivity (Wildman–Crippen MR) is 67.8 cm³/mol. The number of hydrogen-bond donors (Lipinski definition) is 1. The van der Waals surface area contributed by atoms with Gasteiger partial charge in [-0.3, -0.25) is 0 Å². The summed E-state index contributed by atoms with van der Waals surface area (Å²) in [6.07, 6.45) is 8.05. The van der Waals surface area contributed by atoms with Gasteiger partial charge in [-0.05, 0) is 74.2 Å². The Morgan fingerprint density at radius 1 is 1.12 bits per heavy atom. The summed E-state index contributed by atoms with van der Waals surface area (Å²) in [5.74, 6) is 0. The van der Waals surface area contributed by atoms with Gasteiger partial charge in [0.1, 0.15) is 0 Å². The summed E-state index contributed by atoms with van der Waals surface area (Å²) >= 11 is 0. The Morgan fingerprint density at radius 3 is 2.81 bits per heavy atom. The summed E-state index contributed by atoms with van der Waals surface area (Å²) in [6.45, 7) is 3.48. The Hall–Kier alpha value is -0.820. The zero-order valence-electron chi connectivity index (χ0n) is 10.2. The monoisotopic (exact) mass is 215 g/mol. The van der Waals surface area contributed by atoms with Crippen molar-refractivity contribution in [3.05, 3.63) is 34.4 Å². The number of benzene rings is 1. The standard InChI is InChI=1S/C15H21N/c1-11-8-9-12-5-2-3-6-13(12)15(11)14-7-4-10-16-14/h8-9,14,16H,2-7,10H2,1H3/t14-/m0/s1. The summed E-state index contributed by atoms with van der Waals surface area (Å²) in [5.41, 5.74) is 6.46. The quantitative estimate of drug-likeness (QED) is 0.758. The molecule has 0 radical (unpaired) electrons. The Balaban J connectivity index is 2.06. The van der Waals surface area contributed by atoms with Crippen LogP contribution in [-0.2, 0) is 12.8 Å². The van der Waals surface area contributed by atoms with Crippen molar-refractivity contribution in [1.29, 1.82) is 0 Å². The van der Waals surface area contributed by atoms with E-state index in [0.717, 1.165) is 0 Å². The van der Waals surface area contributed by atoms with E-state index in [1.165, 1.54) is 50.6 Å². The summed E-state index contributed by atoms with van der Waals surface area (Å²) in [7, 11) is 0. The maximum Gasteiger partial charge on any atom is 0.0326 e. The first-order valence-electron chi connectivity index (χ1n) is 6.71. The second-order valence-corrected chi connectivity index (χ2v) is 5.29. The molecule has 86 valence electrons. The highest BCUT2D eigenvalue weighted by atomic mass is 14.9. The minimum atomic E-state index is 0.646. The van der Waals surface area contributed by atoms with Crippen molar-refractivity contribution in [2.24, 2.45) is 0 Å². The fourth-order valence-corrected chi connectivity index (χ4v) is 3.39. The van der Waals surface area contributed by atoms with Gasteiger partial charge in [-0.1, -0.05) is 12.1 Å². The molecule has 0 saturated carbocycles. The maximum absolute atomic E-state index is 3.66. The van der Waals surface area contributed by atoms with Gasteiger partial charge in [-0.15, -0.1) is 0 Å². The third-order valence-corrected chi connectivity index (χ3v) is 4.20. The number of aryl methyl sites for hydroxylation is 2. The fraction of sp³-hybridized carbons (Fsp3) is 0.600. The molecule has 1 atom stereocenters. The smallest absolute Gasteiger partial charge is 0.0326 e. The van der Waals surface area contributed by atoms with Gasteiger partial charge < -0.3 is 5.32 Å². The first-order valence-corrected chi connectivity index (χ1v) is 6.71.